The van der Waals surface area contributed by atoms with Crippen LogP contribution in [0.5, 0.6) is 5.75 Å². The summed E-state index contributed by atoms with van der Waals surface area (Å²) in [5.74, 6) is 0.700. The van der Waals surface area contributed by atoms with E-state index in [-0.39, 0.29) is 24.4 Å². The minimum absolute atomic E-state index is 0. The monoisotopic (exact) mass is 257 g/mol. The Balaban J connectivity index is 0.00000256. The van der Waals surface area contributed by atoms with Gasteiger partial charge in [0.2, 0.25) is 0 Å². The van der Waals surface area contributed by atoms with Gasteiger partial charge >= 0.3 is 5.97 Å². The third kappa shape index (κ3) is 4.75. The highest BCUT2D eigenvalue weighted by atomic mass is 35.5. The molecule has 1 aromatic rings. The van der Waals surface area contributed by atoms with Crippen LogP contribution in [0.1, 0.15) is 38.8 Å². The molecule has 0 amide bonds. The highest BCUT2D eigenvalue weighted by Gasteiger charge is 2.12. The van der Waals surface area contributed by atoms with Gasteiger partial charge in [0.25, 0.3) is 0 Å². The molecule has 0 radical (unpaired) electrons. The van der Waals surface area contributed by atoms with E-state index in [9.17, 15) is 4.79 Å². The summed E-state index contributed by atoms with van der Waals surface area (Å²) in [5, 5.41) is 0. The largest absolute Gasteiger partial charge is 0.427 e. The van der Waals surface area contributed by atoms with Crippen LogP contribution in [0.2, 0.25) is 0 Å². The molecule has 1 unspecified atom stereocenters. The summed E-state index contributed by atoms with van der Waals surface area (Å²) in [7, 11) is 0. The molecule has 17 heavy (non-hydrogen) atoms. The molecule has 0 fully saturated rings. The summed E-state index contributed by atoms with van der Waals surface area (Å²) in [6.45, 7) is 5.64. The van der Waals surface area contributed by atoms with E-state index in [1.165, 1.54) is 6.92 Å². The number of hydrogen-bond donors (Lipinski definition) is 1. The Hall–Kier alpha value is -1.06. The number of carbonyl (C=O) groups excluding carboxylic acids is 1. The molecular formula is C13H20ClNO2. The molecule has 0 spiro atoms. The van der Waals surface area contributed by atoms with Crippen LogP contribution in [0.25, 0.3) is 0 Å². The van der Waals surface area contributed by atoms with Gasteiger partial charge in [0, 0.05) is 13.0 Å². The van der Waals surface area contributed by atoms with Crippen molar-refractivity contribution in [1.29, 1.82) is 0 Å². The van der Waals surface area contributed by atoms with E-state index in [0.717, 1.165) is 12.0 Å². The molecule has 0 bridgehead atoms. The fourth-order valence-electron chi connectivity index (χ4n) is 1.51. The third-order valence-corrected chi connectivity index (χ3v) is 2.78. The summed E-state index contributed by atoms with van der Waals surface area (Å²) >= 11 is 0. The molecule has 2 N–H and O–H groups in total. The second kappa shape index (κ2) is 7.30. The molecule has 0 aliphatic rings. The van der Waals surface area contributed by atoms with Crippen molar-refractivity contribution in [1.82, 2.24) is 0 Å². The Labute approximate surface area is 109 Å². The predicted molar refractivity (Wildman–Crippen MR) is 71.4 cm³/mol. The van der Waals surface area contributed by atoms with Crippen molar-refractivity contribution >= 4 is 18.4 Å². The Kier molecular flexibility index (Phi) is 6.85. The lowest BCUT2D eigenvalue weighted by molar-refractivity contribution is -0.131. The molecule has 0 heterocycles. The molecule has 1 aromatic carbocycles. The van der Waals surface area contributed by atoms with Crippen molar-refractivity contribution in [2.75, 3.05) is 0 Å². The fraction of sp³-hybridized carbons (Fsp3) is 0.462. The normalized spacial score (nSPS) is 13.4. The average Bonchev–Trinajstić information content (AvgIpc) is 2.27. The molecular weight excluding hydrogens is 238 g/mol. The van der Waals surface area contributed by atoms with Gasteiger partial charge in [-0.2, -0.15) is 0 Å². The summed E-state index contributed by atoms with van der Waals surface area (Å²) in [6.07, 6.45) is 1.05. The van der Waals surface area contributed by atoms with E-state index >= 15 is 0 Å². The van der Waals surface area contributed by atoms with E-state index in [2.05, 4.69) is 13.8 Å². The van der Waals surface area contributed by atoms with Gasteiger partial charge in [-0.15, -0.1) is 12.4 Å². The zero-order valence-electron chi connectivity index (χ0n) is 10.5. The van der Waals surface area contributed by atoms with Crippen LogP contribution in [0.15, 0.2) is 24.3 Å². The summed E-state index contributed by atoms with van der Waals surface area (Å²) in [6, 6.07) is 7.42. The molecule has 2 atom stereocenters. The molecule has 0 saturated heterocycles. The maximum Gasteiger partial charge on any atom is 0.308 e. The van der Waals surface area contributed by atoms with Crippen LogP contribution in [-0.2, 0) is 4.79 Å². The first kappa shape index (κ1) is 15.9. The van der Waals surface area contributed by atoms with Crippen LogP contribution in [0.3, 0.4) is 0 Å². The zero-order chi connectivity index (χ0) is 12.1. The lowest BCUT2D eigenvalue weighted by Gasteiger charge is -2.18. The standard InChI is InChI=1S/C13H19NO2.ClH/c1-4-9(2)13(14)11-5-7-12(8-6-11)16-10(3)15;/h5-9,13H,4,14H2,1-3H3;1H/t9?,13-;/m0./s1. The van der Waals surface area contributed by atoms with Crippen LogP contribution in [0.4, 0.5) is 0 Å². The van der Waals surface area contributed by atoms with Gasteiger partial charge in [-0.05, 0) is 23.6 Å². The summed E-state index contributed by atoms with van der Waals surface area (Å²) in [4.78, 5) is 10.7. The number of ether oxygens (including phenoxy) is 1. The minimum Gasteiger partial charge on any atom is -0.427 e. The molecule has 0 aliphatic carbocycles. The first-order valence-corrected chi connectivity index (χ1v) is 5.58. The van der Waals surface area contributed by atoms with E-state index in [1.54, 1.807) is 12.1 Å². The molecule has 0 aliphatic heterocycles. The Morgan fingerprint density at radius 3 is 2.29 bits per heavy atom. The molecule has 3 nitrogen and oxygen atoms in total. The molecule has 96 valence electrons. The first-order valence-electron chi connectivity index (χ1n) is 5.58. The van der Waals surface area contributed by atoms with Crippen molar-refractivity contribution in [2.24, 2.45) is 11.7 Å². The number of esters is 1. The summed E-state index contributed by atoms with van der Waals surface area (Å²) < 4.78 is 4.96. The zero-order valence-corrected chi connectivity index (χ0v) is 11.3. The maximum atomic E-state index is 10.7. The SMILES string of the molecule is CCC(C)[C@H](N)c1ccc(OC(C)=O)cc1.Cl. The van der Waals surface area contributed by atoms with Crippen molar-refractivity contribution in [3.63, 3.8) is 0 Å². The topological polar surface area (TPSA) is 52.3 Å². The van der Waals surface area contributed by atoms with E-state index < -0.39 is 0 Å². The van der Waals surface area contributed by atoms with Crippen LogP contribution >= 0.6 is 12.4 Å². The second-order valence-electron chi connectivity index (χ2n) is 4.07. The lowest BCUT2D eigenvalue weighted by Crippen LogP contribution is -2.18. The van der Waals surface area contributed by atoms with E-state index in [0.29, 0.717) is 11.7 Å². The van der Waals surface area contributed by atoms with Gasteiger partial charge < -0.3 is 10.5 Å². The number of carbonyl (C=O) groups is 1. The lowest BCUT2D eigenvalue weighted by atomic mass is 9.93. The minimum atomic E-state index is -0.307. The Morgan fingerprint density at radius 2 is 1.88 bits per heavy atom. The van der Waals surface area contributed by atoms with Gasteiger partial charge in [0.15, 0.2) is 0 Å². The van der Waals surface area contributed by atoms with Gasteiger partial charge in [0.1, 0.15) is 5.75 Å². The smallest absolute Gasteiger partial charge is 0.308 e. The van der Waals surface area contributed by atoms with Crippen molar-refractivity contribution in [3.05, 3.63) is 29.8 Å². The quantitative estimate of drug-likeness (QED) is 0.666. The molecule has 1 rings (SSSR count). The van der Waals surface area contributed by atoms with Gasteiger partial charge in [0.05, 0.1) is 0 Å². The molecule has 0 saturated carbocycles. The number of benzene rings is 1. The first-order chi connectivity index (χ1) is 7.54. The van der Waals surface area contributed by atoms with Crippen molar-refractivity contribution in [2.45, 2.75) is 33.2 Å². The van der Waals surface area contributed by atoms with Crippen molar-refractivity contribution in [3.8, 4) is 5.75 Å². The predicted octanol–water partition coefficient (Wildman–Crippen LogP) is 3.08. The van der Waals surface area contributed by atoms with E-state index in [4.69, 9.17) is 10.5 Å². The second-order valence-corrected chi connectivity index (χ2v) is 4.07. The van der Waals surface area contributed by atoms with E-state index in [1.807, 2.05) is 12.1 Å². The fourth-order valence-corrected chi connectivity index (χ4v) is 1.51. The van der Waals surface area contributed by atoms with Crippen LogP contribution in [0, 0.1) is 5.92 Å². The Morgan fingerprint density at radius 1 is 1.35 bits per heavy atom. The number of hydrogen-bond acceptors (Lipinski definition) is 3. The number of halogens is 1. The average molecular weight is 258 g/mol. The maximum absolute atomic E-state index is 10.7. The van der Waals surface area contributed by atoms with Gasteiger partial charge in [-0.25, -0.2) is 0 Å². The van der Waals surface area contributed by atoms with Crippen LogP contribution in [-0.4, -0.2) is 5.97 Å². The van der Waals surface area contributed by atoms with Gasteiger partial charge in [-0.3, -0.25) is 4.79 Å². The van der Waals surface area contributed by atoms with Gasteiger partial charge in [-0.1, -0.05) is 32.4 Å². The van der Waals surface area contributed by atoms with Crippen LogP contribution < -0.4 is 10.5 Å². The Bertz CT molecular complexity index is 351. The molecule has 0 aromatic heterocycles. The molecule has 4 heteroatoms. The summed E-state index contributed by atoms with van der Waals surface area (Å²) in [5.41, 5.74) is 7.17. The third-order valence-electron chi connectivity index (χ3n) is 2.78. The van der Waals surface area contributed by atoms with Crippen molar-refractivity contribution < 1.29 is 9.53 Å². The highest BCUT2D eigenvalue weighted by molar-refractivity contribution is 5.85. The number of rotatable bonds is 4. The number of nitrogens with two attached hydrogens (primary N) is 1. The highest BCUT2D eigenvalue weighted by Crippen LogP contribution is 2.23.